The average molecular weight is 553 g/mol. The van der Waals surface area contributed by atoms with E-state index in [-0.39, 0.29) is 5.91 Å². The van der Waals surface area contributed by atoms with Crippen LogP contribution in [0.15, 0.2) is 59.3 Å². The van der Waals surface area contributed by atoms with Gasteiger partial charge in [0.15, 0.2) is 0 Å². The standard InChI is InChI=1S/C27H30BrN5OS/c1-4-22-23(18-7-11-20(28)12-8-18)24-25(30-17-31-27(24)35-22)32-21-13-9-19(10-14-21)26(34)29-15-16-33(5-2)6-3/h7-14,17H,4-6,15-16H2,1-3H3,(H,29,34)(H,30,31,32). The number of likely N-dealkylation sites (N-methyl/N-ethyl adjacent to an activating group) is 1. The van der Waals surface area contributed by atoms with Gasteiger partial charge in [-0.1, -0.05) is 48.8 Å². The van der Waals surface area contributed by atoms with Gasteiger partial charge in [-0.05, 0) is 61.5 Å². The summed E-state index contributed by atoms with van der Waals surface area (Å²) in [5.74, 6) is 0.705. The van der Waals surface area contributed by atoms with Crippen LogP contribution in [0.5, 0.6) is 0 Å². The first kappa shape index (κ1) is 25.3. The lowest BCUT2D eigenvalue weighted by atomic mass is 10.0. The molecule has 1 amide bonds. The van der Waals surface area contributed by atoms with E-state index < -0.39 is 0 Å². The second-order valence-electron chi connectivity index (χ2n) is 8.15. The molecule has 2 aromatic heterocycles. The first-order valence-electron chi connectivity index (χ1n) is 11.9. The van der Waals surface area contributed by atoms with Gasteiger partial charge in [0.25, 0.3) is 5.91 Å². The molecule has 0 saturated heterocycles. The van der Waals surface area contributed by atoms with Crippen molar-refractivity contribution in [3.05, 3.63) is 69.8 Å². The largest absolute Gasteiger partial charge is 0.351 e. The zero-order chi connectivity index (χ0) is 24.8. The lowest BCUT2D eigenvalue weighted by molar-refractivity contribution is 0.0949. The minimum absolute atomic E-state index is 0.0592. The van der Waals surface area contributed by atoms with Gasteiger partial charge in [0.05, 0.1) is 5.39 Å². The van der Waals surface area contributed by atoms with E-state index in [9.17, 15) is 4.79 Å². The maximum atomic E-state index is 12.5. The minimum Gasteiger partial charge on any atom is -0.351 e. The van der Waals surface area contributed by atoms with E-state index in [0.29, 0.717) is 12.1 Å². The first-order valence-corrected chi connectivity index (χ1v) is 13.5. The number of rotatable bonds is 10. The van der Waals surface area contributed by atoms with Crippen LogP contribution in [0.1, 0.15) is 36.0 Å². The Balaban J connectivity index is 1.55. The SMILES string of the molecule is CCc1sc2ncnc(Nc3ccc(C(=O)NCCN(CC)CC)cc3)c2c1-c1ccc(Br)cc1. The van der Waals surface area contributed by atoms with Crippen molar-refractivity contribution >= 4 is 54.9 Å². The lowest BCUT2D eigenvalue weighted by Gasteiger charge is -2.18. The number of thiophene rings is 1. The van der Waals surface area contributed by atoms with Gasteiger partial charge in [-0.15, -0.1) is 11.3 Å². The van der Waals surface area contributed by atoms with Crippen LogP contribution in [0.3, 0.4) is 0 Å². The molecule has 8 heteroatoms. The molecule has 4 rings (SSSR count). The summed E-state index contributed by atoms with van der Waals surface area (Å²) >= 11 is 5.24. The Morgan fingerprint density at radius 2 is 1.71 bits per heavy atom. The molecule has 6 nitrogen and oxygen atoms in total. The van der Waals surface area contributed by atoms with E-state index in [1.807, 2.05) is 24.3 Å². The van der Waals surface area contributed by atoms with E-state index in [4.69, 9.17) is 0 Å². The number of carbonyl (C=O) groups is 1. The molecule has 2 aromatic carbocycles. The predicted molar refractivity (Wildman–Crippen MR) is 150 cm³/mol. The number of anilines is 2. The molecule has 0 atom stereocenters. The van der Waals surface area contributed by atoms with Gasteiger partial charge in [0, 0.05) is 39.3 Å². The van der Waals surface area contributed by atoms with Gasteiger partial charge in [-0.25, -0.2) is 9.97 Å². The monoisotopic (exact) mass is 551 g/mol. The number of aryl methyl sites for hydroxylation is 1. The quantitative estimate of drug-likeness (QED) is 0.235. The molecule has 0 saturated carbocycles. The molecule has 0 spiro atoms. The molecule has 35 heavy (non-hydrogen) atoms. The molecule has 2 N–H and O–H groups in total. The highest BCUT2D eigenvalue weighted by Crippen LogP contribution is 2.42. The molecular weight excluding hydrogens is 522 g/mol. The van der Waals surface area contributed by atoms with Crippen LogP contribution < -0.4 is 10.6 Å². The predicted octanol–water partition coefficient (Wildman–Crippen LogP) is 6.50. The van der Waals surface area contributed by atoms with Crippen LogP contribution in [0.25, 0.3) is 21.3 Å². The maximum absolute atomic E-state index is 12.5. The van der Waals surface area contributed by atoms with Crippen LogP contribution in [-0.4, -0.2) is 47.0 Å². The Hall–Kier alpha value is -2.81. The van der Waals surface area contributed by atoms with E-state index in [1.165, 1.54) is 10.4 Å². The third-order valence-corrected chi connectivity index (χ3v) is 7.80. The summed E-state index contributed by atoms with van der Waals surface area (Å²) in [5.41, 5.74) is 3.83. The lowest BCUT2D eigenvalue weighted by Crippen LogP contribution is -2.34. The van der Waals surface area contributed by atoms with Crippen LogP contribution >= 0.6 is 27.3 Å². The average Bonchev–Trinajstić information content (AvgIpc) is 3.27. The van der Waals surface area contributed by atoms with Gasteiger partial charge >= 0.3 is 0 Å². The van der Waals surface area contributed by atoms with Crippen molar-refractivity contribution in [3.8, 4) is 11.1 Å². The number of nitrogens with one attached hydrogen (secondary N) is 2. The molecule has 0 aliphatic carbocycles. The Morgan fingerprint density at radius 3 is 2.37 bits per heavy atom. The van der Waals surface area contributed by atoms with Gasteiger partial charge in [-0.3, -0.25) is 4.79 Å². The Bertz CT molecular complexity index is 1280. The van der Waals surface area contributed by atoms with E-state index >= 15 is 0 Å². The van der Waals surface area contributed by atoms with Crippen molar-refractivity contribution in [1.29, 1.82) is 0 Å². The highest BCUT2D eigenvalue weighted by Gasteiger charge is 2.18. The number of carbonyl (C=O) groups excluding carboxylic acids is 1. The Labute approximate surface area is 218 Å². The second kappa shape index (κ2) is 11.7. The molecule has 0 unspecified atom stereocenters. The third kappa shape index (κ3) is 5.89. The number of fused-ring (bicyclic) bond motifs is 1. The number of aromatic nitrogens is 2. The number of benzene rings is 2. The highest BCUT2D eigenvalue weighted by molar-refractivity contribution is 9.10. The topological polar surface area (TPSA) is 70.1 Å². The molecule has 0 aliphatic rings. The van der Waals surface area contributed by atoms with Gasteiger partial charge in [0.2, 0.25) is 0 Å². The molecule has 0 fully saturated rings. The third-order valence-electron chi connectivity index (χ3n) is 6.03. The summed E-state index contributed by atoms with van der Waals surface area (Å²) < 4.78 is 1.05. The summed E-state index contributed by atoms with van der Waals surface area (Å²) in [5, 5.41) is 7.48. The number of hydrogen-bond acceptors (Lipinski definition) is 6. The van der Waals surface area contributed by atoms with Gasteiger partial charge in [0.1, 0.15) is 17.0 Å². The fourth-order valence-corrected chi connectivity index (χ4v) is 5.42. The molecular formula is C27H30BrN5OS. The van der Waals surface area contributed by atoms with Crippen molar-refractivity contribution in [3.63, 3.8) is 0 Å². The second-order valence-corrected chi connectivity index (χ2v) is 10.1. The summed E-state index contributed by atoms with van der Waals surface area (Å²) in [7, 11) is 0. The fourth-order valence-electron chi connectivity index (χ4n) is 4.06. The molecule has 0 aliphatic heterocycles. The fraction of sp³-hybridized carbons (Fsp3) is 0.296. The Morgan fingerprint density at radius 1 is 1.00 bits per heavy atom. The minimum atomic E-state index is -0.0592. The molecule has 182 valence electrons. The van der Waals surface area contributed by atoms with Crippen molar-refractivity contribution in [2.75, 3.05) is 31.5 Å². The number of nitrogens with zero attached hydrogens (tertiary/aromatic N) is 3. The van der Waals surface area contributed by atoms with Crippen LogP contribution in [0, 0.1) is 0 Å². The van der Waals surface area contributed by atoms with E-state index in [2.05, 4.69) is 86.5 Å². The molecule has 4 aromatic rings. The smallest absolute Gasteiger partial charge is 0.251 e. The highest BCUT2D eigenvalue weighted by atomic mass is 79.9. The van der Waals surface area contributed by atoms with Crippen molar-refractivity contribution < 1.29 is 4.79 Å². The Kier molecular flexibility index (Phi) is 8.49. The number of amides is 1. The molecule has 2 heterocycles. The van der Waals surface area contributed by atoms with Gasteiger partial charge in [-0.2, -0.15) is 0 Å². The van der Waals surface area contributed by atoms with Crippen LogP contribution in [0.2, 0.25) is 0 Å². The zero-order valence-corrected chi connectivity index (χ0v) is 22.7. The zero-order valence-electron chi connectivity index (χ0n) is 20.3. The van der Waals surface area contributed by atoms with Gasteiger partial charge < -0.3 is 15.5 Å². The van der Waals surface area contributed by atoms with E-state index in [0.717, 1.165) is 57.8 Å². The number of halogens is 1. The first-order chi connectivity index (χ1) is 17.0. The summed E-state index contributed by atoms with van der Waals surface area (Å²) in [6.07, 6.45) is 2.52. The summed E-state index contributed by atoms with van der Waals surface area (Å²) in [4.78, 5) is 26.2. The molecule has 0 radical (unpaired) electrons. The van der Waals surface area contributed by atoms with Crippen LogP contribution in [0.4, 0.5) is 11.5 Å². The number of hydrogen-bond donors (Lipinski definition) is 2. The van der Waals surface area contributed by atoms with Crippen molar-refractivity contribution in [2.24, 2.45) is 0 Å². The maximum Gasteiger partial charge on any atom is 0.251 e. The van der Waals surface area contributed by atoms with E-state index in [1.54, 1.807) is 17.7 Å². The van der Waals surface area contributed by atoms with Crippen molar-refractivity contribution in [2.45, 2.75) is 27.2 Å². The van der Waals surface area contributed by atoms with Crippen LogP contribution in [-0.2, 0) is 6.42 Å². The van der Waals surface area contributed by atoms with Crippen molar-refractivity contribution in [1.82, 2.24) is 20.2 Å². The summed E-state index contributed by atoms with van der Waals surface area (Å²) in [6, 6.07) is 15.9. The summed E-state index contributed by atoms with van der Waals surface area (Å²) in [6.45, 7) is 9.87. The molecule has 0 bridgehead atoms. The normalized spacial score (nSPS) is 11.2.